The first-order valence-electron chi connectivity index (χ1n) is 9.60. The molecule has 1 heteroatoms. The van der Waals surface area contributed by atoms with Gasteiger partial charge < -0.3 is 0 Å². The van der Waals surface area contributed by atoms with Crippen LogP contribution in [0.1, 0.15) is 110 Å². The smallest absolute Gasteiger partial charge is 0.0170 e. The van der Waals surface area contributed by atoms with Gasteiger partial charge in [0.15, 0.2) is 0 Å². The lowest BCUT2D eigenvalue weighted by molar-refractivity contribution is 0.562. The molecule has 0 aromatic rings. The van der Waals surface area contributed by atoms with E-state index in [1.807, 2.05) is 0 Å². The summed E-state index contributed by atoms with van der Waals surface area (Å²) >= 11 is 0. The first kappa shape index (κ1) is 18.5. The molecule has 20 heavy (non-hydrogen) atoms. The van der Waals surface area contributed by atoms with Gasteiger partial charge in [-0.2, -0.15) is 0 Å². The van der Waals surface area contributed by atoms with Crippen LogP contribution in [-0.4, -0.2) is 11.8 Å². The summed E-state index contributed by atoms with van der Waals surface area (Å²) in [4.78, 5) is 0. The summed E-state index contributed by atoms with van der Waals surface area (Å²) in [6.07, 6.45) is 25.3. The highest BCUT2D eigenvalue weighted by molar-refractivity contribution is 7.38. The molecule has 0 bridgehead atoms. The van der Waals surface area contributed by atoms with Gasteiger partial charge in [0.25, 0.3) is 0 Å². The van der Waals surface area contributed by atoms with Gasteiger partial charge >= 0.3 is 0 Å². The van der Waals surface area contributed by atoms with Crippen molar-refractivity contribution < 1.29 is 0 Å². The van der Waals surface area contributed by atoms with E-state index in [1.165, 1.54) is 109 Å². The second-order valence-electron chi connectivity index (χ2n) is 6.73. The molecule has 1 aliphatic rings. The van der Waals surface area contributed by atoms with Crippen LogP contribution in [0, 0.1) is 0 Å². The summed E-state index contributed by atoms with van der Waals surface area (Å²) in [5.41, 5.74) is 1.07. The van der Waals surface area contributed by atoms with Gasteiger partial charge in [-0.15, -0.1) is 0 Å². The molecular formula is C19H38P. The SMILES string of the molecule is CCCCCCCCCCCC[P]C1CCCCCC1. The van der Waals surface area contributed by atoms with E-state index in [0.717, 1.165) is 5.66 Å². The van der Waals surface area contributed by atoms with Gasteiger partial charge in [-0.25, -0.2) is 0 Å². The Balaban J connectivity index is 1.76. The Labute approximate surface area is 130 Å². The van der Waals surface area contributed by atoms with E-state index in [2.05, 4.69) is 6.92 Å². The third kappa shape index (κ3) is 11.1. The van der Waals surface area contributed by atoms with E-state index in [9.17, 15) is 0 Å². The van der Waals surface area contributed by atoms with Crippen LogP contribution in [0.5, 0.6) is 0 Å². The molecule has 0 atom stereocenters. The van der Waals surface area contributed by atoms with E-state index in [0.29, 0.717) is 0 Å². The molecular weight excluding hydrogens is 259 g/mol. The zero-order valence-corrected chi connectivity index (χ0v) is 14.9. The zero-order chi connectivity index (χ0) is 14.3. The van der Waals surface area contributed by atoms with Crippen molar-refractivity contribution in [3.8, 4) is 0 Å². The van der Waals surface area contributed by atoms with Crippen LogP contribution < -0.4 is 0 Å². The van der Waals surface area contributed by atoms with Crippen LogP contribution in [0.15, 0.2) is 0 Å². The van der Waals surface area contributed by atoms with Gasteiger partial charge in [0.2, 0.25) is 0 Å². The highest BCUT2D eigenvalue weighted by Gasteiger charge is 2.11. The molecule has 0 amide bonds. The lowest BCUT2D eigenvalue weighted by Gasteiger charge is -2.12. The second-order valence-corrected chi connectivity index (χ2v) is 8.28. The normalized spacial score (nSPS) is 17.9. The molecule has 0 aliphatic heterocycles. The fourth-order valence-electron chi connectivity index (χ4n) is 3.31. The van der Waals surface area contributed by atoms with Gasteiger partial charge in [-0.1, -0.05) is 99.0 Å². The van der Waals surface area contributed by atoms with Crippen molar-refractivity contribution in [3.05, 3.63) is 0 Å². The Morgan fingerprint density at radius 3 is 1.70 bits per heavy atom. The van der Waals surface area contributed by atoms with Crippen LogP contribution in [-0.2, 0) is 0 Å². The van der Waals surface area contributed by atoms with Crippen LogP contribution in [0.2, 0.25) is 0 Å². The minimum atomic E-state index is 1.07. The third-order valence-electron chi connectivity index (χ3n) is 4.72. The van der Waals surface area contributed by atoms with E-state index in [1.54, 1.807) is 8.58 Å². The molecule has 0 heterocycles. The highest BCUT2D eigenvalue weighted by Crippen LogP contribution is 2.32. The van der Waals surface area contributed by atoms with Crippen molar-refractivity contribution in [2.45, 2.75) is 115 Å². The van der Waals surface area contributed by atoms with Crippen LogP contribution in [0.4, 0.5) is 0 Å². The molecule has 1 radical (unpaired) electrons. The van der Waals surface area contributed by atoms with Crippen molar-refractivity contribution in [1.82, 2.24) is 0 Å². The van der Waals surface area contributed by atoms with Gasteiger partial charge in [0, 0.05) is 0 Å². The quantitative estimate of drug-likeness (QED) is 0.198. The van der Waals surface area contributed by atoms with Crippen molar-refractivity contribution in [1.29, 1.82) is 0 Å². The summed E-state index contributed by atoms with van der Waals surface area (Å²) in [6.45, 7) is 2.30. The van der Waals surface area contributed by atoms with Gasteiger partial charge in [0.1, 0.15) is 0 Å². The summed E-state index contributed by atoms with van der Waals surface area (Å²) in [5, 5.41) is 0. The Kier molecular flexibility index (Phi) is 13.3. The Hall–Kier alpha value is 0.430. The maximum atomic E-state index is 2.30. The van der Waals surface area contributed by atoms with E-state index >= 15 is 0 Å². The van der Waals surface area contributed by atoms with Gasteiger partial charge in [-0.05, 0) is 31.1 Å². The van der Waals surface area contributed by atoms with Crippen molar-refractivity contribution in [2.24, 2.45) is 0 Å². The first-order valence-corrected chi connectivity index (χ1v) is 10.7. The number of hydrogen-bond donors (Lipinski definition) is 0. The summed E-state index contributed by atoms with van der Waals surface area (Å²) < 4.78 is 0. The van der Waals surface area contributed by atoms with Gasteiger partial charge in [0.05, 0.1) is 0 Å². The van der Waals surface area contributed by atoms with Crippen molar-refractivity contribution in [3.63, 3.8) is 0 Å². The number of rotatable bonds is 12. The van der Waals surface area contributed by atoms with E-state index < -0.39 is 0 Å². The zero-order valence-electron chi connectivity index (χ0n) is 14.0. The predicted octanol–water partition coefficient (Wildman–Crippen LogP) is 7.58. The first-order chi connectivity index (χ1) is 9.93. The van der Waals surface area contributed by atoms with E-state index in [4.69, 9.17) is 0 Å². The number of unbranched alkanes of at least 4 members (excludes halogenated alkanes) is 9. The predicted molar refractivity (Wildman–Crippen MR) is 95.1 cm³/mol. The molecule has 0 unspecified atom stereocenters. The summed E-state index contributed by atoms with van der Waals surface area (Å²) in [5.74, 6) is 0. The largest absolute Gasteiger partial charge is 0.0775 e. The molecule has 0 nitrogen and oxygen atoms in total. The lowest BCUT2D eigenvalue weighted by Crippen LogP contribution is -1.99. The van der Waals surface area contributed by atoms with Crippen molar-refractivity contribution >= 4 is 8.58 Å². The fourth-order valence-corrected chi connectivity index (χ4v) is 4.82. The average molecular weight is 297 g/mol. The molecule has 0 saturated heterocycles. The minimum Gasteiger partial charge on any atom is -0.0775 e. The molecule has 119 valence electrons. The Morgan fingerprint density at radius 1 is 0.650 bits per heavy atom. The topological polar surface area (TPSA) is 0 Å². The Bertz CT molecular complexity index is 182. The molecule has 0 aromatic carbocycles. The fraction of sp³-hybridized carbons (Fsp3) is 1.00. The maximum Gasteiger partial charge on any atom is -0.0170 e. The summed E-state index contributed by atoms with van der Waals surface area (Å²) in [6, 6.07) is 0. The monoisotopic (exact) mass is 297 g/mol. The molecule has 1 rings (SSSR count). The maximum absolute atomic E-state index is 2.30. The van der Waals surface area contributed by atoms with Gasteiger partial charge in [-0.3, -0.25) is 0 Å². The number of hydrogen-bond acceptors (Lipinski definition) is 0. The molecule has 0 spiro atoms. The summed E-state index contributed by atoms with van der Waals surface area (Å²) in [7, 11) is 1.79. The highest BCUT2D eigenvalue weighted by atomic mass is 31.1. The Morgan fingerprint density at radius 2 is 1.15 bits per heavy atom. The second kappa shape index (κ2) is 14.4. The lowest BCUT2D eigenvalue weighted by atomic mass is 10.1. The molecule has 1 fully saturated rings. The van der Waals surface area contributed by atoms with Crippen molar-refractivity contribution in [2.75, 3.05) is 6.16 Å². The van der Waals surface area contributed by atoms with Crippen LogP contribution in [0.25, 0.3) is 0 Å². The minimum absolute atomic E-state index is 1.07. The third-order valence-corrected chi connectivity index (χ3v) is 6.33. The molecule has 1 aliphatic carbocycles. The average Bonchev–Trinajstić information content (AvgIpc) is 2.73. The van der Waals surface area contributed by atoms with E-state index in [-0.39, 0.29) is 0 Å². The molecule has 0 N–H and O–H groups in total. The molecule has 1 saturated carbocycles. The standard InChI is InChI=1S/C19H38P/c1-2-3-4-5-6-7-8-9-12-15-18-20-19-16-13-10-11-14-17-19/h19H,2-18H2,1H3. The van der Waals surface area contributed by atoms with Crippen LogP contribution >= 0.6 is 8.58 Å². The molecule has 0 aromatic heterocycles. The van der Waals surface area contributed by atoms with Crippen LogP contribution in [0.3, 0.4) is 0 Å².